The van der Waals surface area contributed by atoms with Crippen molar-refractivity contribution in [3.63, 3.8) is 0 Å². The Morgan fingerprint density at radius 2 is 1.55 bits per heavy atom. The third-order valence-corrected chi connectivity index (χ3v) is 8.34. The summed E-state index contributed by atoms with van der Waals surface area (Å²) in [5, 5.41) is 9.79. The number of nitrogens with zero attached hydrogens (tertiary/aromatic N) is 2. The molecule has 5 rings (SSSR count). The molecule has 12 nitrogen and oxygen atoms in total. The molecule has 4 aromatic rings. The van der Waals surface area contributed by atoms with Crippen molar-refractivity contribution in [1.82, 2.24) is 14.5 Å². The Hall–Kier alpha value is -4.13. The van der Waals surface area contributed by atoms with Crippen LogP contribution in [0.25, 0.3) is 11.1 Å². The lowest BCUT2D eigenvalue weighted by Gasteiger charge is -2.17. The SMILES string of the molecule is CC/C(=C(\c1ccccc1)c1ccc(OCCN(C)C)cc1)c1ccccc1.Cc1cn([C@H]2C[C@H](O)[C@@H](COP(=O)(O)O)O2)c(=O)[nH]c1=O. The van der Waals surface area contributed by atoms with Crippen molar-refractivity contribution in [2.45, 2.75) is 45.1 Å². The average molecular weight is 694 g/mol. The second-order valence-corrected chi connectivity index (χ2v) is 13.1. The number of ether oxygens (including phenoxy) is 2. The fourth-order valence-electron chi connectivity index (χ4n) is 5.35. The minimum Gasteiger partial charge on any atom is -0.492 e. The molecule has 0 amide bonds. The Bertz CT molecular complexity index is 1840. The van der Waals surface area contributed by atoms with E-state index in [0.29, 0.717) is 12.2 Å². The summed E-state index contributed by atoms with van der Waals surface area (Å²) in [6.07, 6.45) is -0.600. The first-order chi connectivity index (χ1) is 23.4. The van der Waals surface area contributed by atoms with Crippen LogP contribution in [0.4, 0.5) is 0 Å². The van der Waals surface area contributed by atoms with Gasteiger partial charge in [-0.1, -0.05) is 79.7 Å². The molecule has 49 heavy (non-hydrogen) atoms. The molecule has 1 aromatic heterocycles. The molecule has 0 radical (unpaired) electrons. The molecular weight excluding hydrogens is 649 g/mol. The molecule has 1 aliphatic rings. The summed E-state index contributed by atoms with van der Waals surface area (Å²) in [5.74, 6) is 0.913. The third kappa shape index (κ3) is 10.9. The molecule has 2 heterocycles. The van der Waals surface area contributed by atoms with Crippen molar-refractivity contribution in [3.05, 3.63) is 134 Å². The van der Waals surface area contributed by atoms with E-state index in [4.69, 9.17) is 19.3 Å². The van der Waals surface area contributed by atoms with Gasteiger partial charge in [-0.25, -0.2) is 9.36 Å². The van der Waals surface area contributed by atoms with Gasteiger partial charge in [0, 0.05) is 24.7 Å². The first kappa shape index (κ1) is 37.7. The van der Waals surface area contributed by atoms with Crippen LogP contribution >= 0.6 is 7.82 Å². The Morgan fingerprint density at radius 3 is 2.12 bits per heavy atom. The number of aliphatic hydroxyl groups excluding tert-OH is 1. The van der Waals surface area contributed by atoms with Crippen LogP contribution in [-0.2, 0) is 13.8 Å². The van der Waals surface area contributed by atoms with Crippen molar-refractivity contribution in [2.24, 2.45) is 0 Å². The number of benzene rings is 3. The number of rotatable bonds is 12. The molecule has 262 valence electrons. The van der Waals surface area contributed by atoms with E-state index in [1.165, 1.54) is 41.0 Å². The zero-order chi connectivity index (χ0) is 35.6. The van der Waals surface area contributed by atoms with E-state index < -0.39 is 44.1 Å². The maximum atomic E-state index is 11.7. The van der Waals surface area contributed by atoms with Gasteiger partial charge < -0.3 is 29.3 Å². The van der Waals surface area contributed by atoms with E-state index in [-0.39, 0.29) is 6.42 Å². The lowest BCUT2D eigenvalue weighted by molar-refractivity contribution is -0.0451. The van der Waals surface area contributed by atoms with Crippen LogP contribution in [-0.4, -0.2) is 75.4 Å². The van der Waals surface area contributed by atoms with E-state index in [1.54, 1.807) is 0 Å². The topological polar surface area (TPSA) is 164 Å². The van der Waals surface area contributed by atoms with E-state index in [9.17, 15) is 19.3 Å². The fraction of sp³-hybridized carbons (Fsp3) is 0.333. The van der Waals surface area contributed by atoms with Crippen molar-refractivity contribution >= 4 is 19.0 Å². The van der Waals surface area contributed by atoms with Crippen LogP contribution in [0.3, 0.4) is 0 Å². The molecule has 0 bridgehead atoms. The van der Waals surface area contributed by atoms with Gasteiger partial charge in [-0.05, 0) is 67.4 Å². The zero-order valence-corrected chi connectivity index (χ0v) is 29.0. The number of allylic oxidation sites excluding steroid dienone is 1. The number of aliphatic hydroxyl groups is 1. The number of aromatic nitrogens is 2. The van der Waals surface area contributed by atoms with Crippen molar-refractivity contribution < 1.29 is 33.5 Å². The van der Waals surface area contributed by atoms with E-state index in [0.717, 1.165) is 23.3 Å². The number of likely N-dealkylation sites (N-methyl/N-ethyl adjacent to an activating group) is 1. The predicted octanol–water partition coefficient (Wildman–Crippen LogP) is 4.60. The molecule has 3 atom stereocenters. The number of phosphoric acid groups is 1. The minimum absolute atomic E-state index is 0.0283. The van der Waals surface area contributed by atoms with Gasteiger partial charge in [0.05, 0.1) is 12.7 Å². The van der Waals surface area contributed by atoms with Crippen LogP contribution < -0.4 is 16.0 Å². The summed E-state index contributed by atoms with van der Waals surface area (Å²) < 4.78 is 27.2. The quantitative estimate of drug-likeness (QED) is 0.122. The molecular formula is C36H44N3O9P. The third-order valence-electron chi connectivity index (χ3n) is 7.86. The summed E-state index contributed by atoms with van der Waals surface area (Å²) in [6, 6.07) is 29.8. The maximum Gasteiger partial charge on any atom is 0.469 e. The van der Waals surface area contributed by atoms with Gasteiger partial charge in [-0.2, -0.15) is 0 Å². The van der Waals surface area contributed by atoms with Gasteiger partial charge in [-0.15, -0.1) is 0 Å². The van der Waals surface area contributed by atoms with Crippen LogP contribution in [0, 0.1) is 6.92 Å². The lowest BCUT2D eigenvalue weighted by atomic mass is 9.88. The number of aromatic amines is 1. The number of H-pyrrole nitrogens is 1. The summed E-state index contributed by atoms with van der Waals surface area (Å²) in [6.45, 7) is 4.82. The molecule has 3 aromatic carbocycles. The van der Waals surface area contributed by atoms with Crippen molar-refractivity contribution in [2.75, 3.05) is 33.9 Å². The van der Waals surface area contributed by atoms with Gasteiger partial charge >= 0.3 is 13.5 Å². The molecule has 0 aliphatic carbocycles. The standard InChI is InChI=1S/C26H29NO.C10H15N2O8P/c1-4-25(21-11-7-5-8-12-21)26(22-13-9-6-10-14-22)23-15-17-24(18-16-23)28-20-19-27(2)3;1-5-3-12(10(15)11-9(5)14)8-2-6(13)7(20-8)4-19-21(16,17)18/h5-18H,4,19-20H2,1-3H3;3,6-8,13H,2,4H2,1H3,(H,11,14,15)(H2,16,17,18)/b26-25-;/t;6-,7+,8+/m.0/s1. The van der Waals surface area contributed by atoms with E-state index >= 15 is 0 Å². The Balaban J connectivity index is 0.000000230. The molecule has 0 saturated carbocycles. The first-order valence-corrected chi connectivity index (χ1v) is 17.5. The van der Waals surface area contributed by atoms with E-state index in [1.807, 2.05) is 0 Å². The summed E-state index contributed by atoms with van der Waals surface area (Å²) in [5.41, 5.74) is 5.45. The lowest BCUT2D eigenvalue weighted by Crippen LogP contribution is -2.33. The molecule has 4 N–H and O–H groups in total. The van der Waals surface area contributed by atoms with Crippen LogP contribution in [0.2, 0.25) is 0 Å². The van der Waals surface area contributed by atoms with Gasteiger partial charge in [0.2, 0.25) is 0 Å². The number of hydrogen-bond acceptors (Lipinski definition) is 8. The second kappa shape index (κ2) is 17.5. The molecule has 0 spiro atoms. The second-order valence-electron chi connectivity index (χ2n) is 11.8. The minimum atomic E-state index is -4.67. The highest BCUT2D eigenvalue weighted by Crippen LogP contribution is 2.38. The molecule has 1 saturated heterocycles. The maximum absolute atomic E-state index is 11.7. The van der Waals surface area contributed by atoms with Gasteiger partial charge in [0.15, 0.2) is 0 Å². The van der Waals surface area contributed by atoms with Gasteiger partial charge in [0.1, 0.15) is 24.7 Å². The van der Waals surface area contributed by atoms with Crippen molar-refractivity contribution in [1.29, 1.82) is 0 Å². The smallest absolute Gasteiger partial charge is 0.469 e. The summed E-state index contributed by atoms with van der Waals surface area (Å²) in [4.78, 5) is 44.4. The first-order valence-electron chi connectivity index (χ1n) is 15.9. The normalized spacial score (nSPS) is 18.1. The number of nitrogens with one attached hydrogen (secondary N) is 1. The monoisotopic (exact) mass is 693 g/mol. The Morgan fingerprint density at radius 1 is 0.959 bits per heavy atom. The Kier molecular flexibility index (Phi) is 13.5. The molecule has 0 unspecified atom stereocenters. The summed E-state index contributed by atoms with van der Waals surface area (Å²) in [7, 11) is -0.558. The van der Waals surface area contributed by atoms with E-state index in [2.05, 4.69) is 120 Å². The predicted molar refractivity (Wildman–Crippen MR) is 188 cm³/mol. The zero-order valence-electron chi connectivity index (χ0n) is 28.1. The van der Waals surface area contributed by atoms with Gasteiger partial charge in [-0.3, -0.25) is 18.9 Å². The highest BCUT2D eigenvalue weighted by molar-refractivity contribution is 7.46. The molecule has 1 fully saturated rings. The molecule has 1 aliphatic heterocycles. The molecule has 13 heteroatoms. The van der Waals surface area contributed by atoms with Crippen molar-refractivity contribution in [3.8, 4) is 5.75 Å². The summed E-state index contributed by atoms with van der Waals surface area (Å²) >= 11 is 0. The highest BCUT2D eigenvalue weighted by Gasteiger charge is 2.37. The van der Waals surface area contributed by atoms with Crippen LogP contribution in [0.15, 0.2) is 101 Å². The number of aryl methyl sites for hydroxylation is 1. The highest BCUT2D eigenvalue weighted by atomic mass is 31.2. The Labute approximate surface area is 285 Å². The number of phosphoric ester groups is 1. The van der Waals surface area contributed by atoms with Crippen LogP contribution in [0.1, 0.15) is 48.2 Å². The van der Waals surface area contributed by atoms with Gasteiger partial charge in [0.25, 0.3) is 5.56 Å². The largest absolute Gasteiger partial charge is 0.492 e. The average Bonchev–Trinajstić information content (AvgIpc) is 3.45. The number of hydrogen-bond donors (Lipinski definition) is 4. The fourth-order valence-corrected chi connectivity index (χ4v) is 5.70. The van der Waals surface area contributed by atoms with Crippen LogP contribution in [0.5, 0.6) is 5.75 Å².